The fraction of sp³-hybridized carbons (Fsp3) is 0.462. The van der Waals surface area contributed by atoms with Gasteiger partial charge in [-0.3, -0.25) is 4.79 Å². The molecular formula is C26H34N4O4. The Morgan fingerprint density at radius 1 is 1.21 bits per heavy atom. The smallest absolute Gasteiger partial charge is 0.340 e. The van der Waals surface area contributed by atoms with E-state index in [0.29, 0.717) is 23.5 Å². The molecule has 182 valence electrons. The zero-order valence-electron chi connectivity index (χ0n) is 20.5. The second-order valence-electron chi connectivity index (χ2n) is 8.91. The zero-order valence-corrected chi connectivity index (χ0v) is 20.5. The van der Waals surface area contributed by atoms with Crippen LogP contribution in [0, 0.1) is 6.92 Å². The molecule has 0 radical (unpaired) electrons. The number of aromatic nitrogens is 1. The molecule has 1 aromatic heterocycles. The standard InChI is InChI=1S/C26H34N4O4/c1-5-34-26(32)24-17(2)27-23(19(24)7-6-10-30-13-11-29(3)12-14-30)16-21-20-15-18(33-4)8-9-22(20)28-25(21)31/h8-9,15-16,27H,5-7,10-14H2,1-4H3,(H,28,31). The number of anilines is 1. The number of fused-ring (bicyclic) bond motifs is 1. The molecule has 0 aliphatic carbocycles. The number of piperazine rings is 1. The summed E-state index contributed by atoms with van der Waals surface area (Å²) in [6.07, 6.45) is 3.48. The molecule has 1 saturated heterocycles. The van der Waals surface area contributed by atoms with Gasteiger partial charge in [0, 0.05) is 48.8 Å². The fourth-order valence-electron chi connectivity index (χ4n) is 4.70. The highest BCUT2D eigenvalue weighted by atomic mass is 16.5. The first-order valence-electron chi connectivity index (χ1n) is 11.9. The molecule has 8 heteroatoms. The average Bonchev–Trinajstić information content (AvgIpc) is 3.30. The maximum atomic E-state index is 12.8. The number of esters is 1. The lowest BCUT2D eigenvalue weighted by molar-refractivity contribution is -0.110. The molecule has 1 aromatic carbocycles. The van der Waals surface area contributed by atoms with Gasteiger partial charge in [-0.25, -0.2) is 4.79 Å². The average molecular weight is 467 g/mol. The molecule has 0 saturated carbocycles. The topological polar surface area (TPSA) is 86.9 Å². The van der Waals surface area contributed by atoms with Crippen LogP contribution in [0.1, 0.15) is 46.2 Å². The third-order valence-electron chi connectivity index (χ3n) is 6.60. The lowest BCUT2D eigenvalue weighted by Crippen LogP contribution is -2.44. The summed E-state index contributed by atoms with van der Waals surface area (Å²) in [6.45, 7) is 9.24. The molecule has 8 nitrogen and oxygen atoms in total. The number of methoxy groups -OCH3 is 1. The third kappa shape index (κ3) is 5.03. The summed E-state index contributed by atoms with van der Waals surface area (Å²) in [4.78, 5) is 33.7. The van der Waals surface area contributed by atoms with Gasteiger partial charge >= 0.3 is 5.97 Å². The Morgan fingerprint density at radius 3 is 2.68 bits per heavy atom. The van der Waals surface area contributed by atoms with Crippen molar-refractivity contribution >= 4 is 29.2 Å². The highest BCUT2D eigenvalue weighted by Crippen LogP contribution is 2.36. The minimum Gasteiger partial charge on any atom is -0.497 e. The number of benzene rings is 1. The molecule has 0 spiro atoms. The van der Waals surface area contributed by atoms with Crippen LogP contribution < -0.4 is 10.1 Å². The van der Waals surface area contributed by atoms with Crippen molar-refractivity contribution in [2.75, 3.05) is 58.8 Å². The number of aryl methyl sites for hydroxylation is 1. The SMILES string of the molecule is CCOC(=O)c1c(C)[nH]c(C=C2C(=O)Nc3ccc(OC)cc32)c1CCCN1CCN(C)CC1. The van der Waals surface area contributed by atoms with Crippen LogP contribution in [0.25, 0.3) is 11.6 Å². The molecule has 2 aliphatic heterocycles. The van der Waals surface area contributed by atoms with Gasteiger partial charge in [-0.05, 0) is 70.1 Å². The van der Waals surface area contributed by atoms with Crippen molar-refractivity contribution in [1.29, 1.82) is 0 Å². The highest BCUT2D eigenvalue weighted by Gasteiger charge is 2.27. The van der Waals surface area contributed by atoms with Gasteiger partial charge in [-0.1, -0.05) is 0 Å². The number of carbonyl (C=O) groups excluding carboxylic acids is 2. The fourth-order valence-corrected chi connectivity index (χ4v) is 4.70. The van der Waals surface area contributed by atoms with Gasteiger partial charge in [0.25, 0.3) is 5.91 Å². The van der Waals surface area contributed by atoms with E-state index in [9.17, 15) is 9.59 Å². The first-order chi connectivity index (χ1) is 16.4. The Bertz CT molecular complexity index is 1100. The van der Waals surface area contributed by atoms with Crippen LogP contribution >= 0.6 is 0 Å². The van der Waals surface area contributed by atoms with E-state index in [1.54, 1.807) is 7.11 Å². The Kier molecular flexibility index (Phi) is 7.38. The van der Waals surface area contributed by atoms with Gasteiger partial charge in [-0.15, -0.1) is 0 Å². The van der Waals surface area contributed by atoms with E-state index < -0.39 is 0 Å². The largest absolute Gasteiger partial charge is 0.497 e. The van der Waals surface area contributed by atoms with E-state index in [4.69, 9.17) is 9.47 Å². The summed E-state index contributed by atoms with van der Waals surface area (Å²) in [6, 6.07) is 5.52. The number of rotatable bonds is 8. The van der Waals surface area contributed by atoms with Crippen LogP contribution in [0.15, 0.2) is 18.2 Å². The summed E-state index contributed by atoms with van der Waals surface area (Å²) >= 11 is 0. The molecular weight excluding hydrogens is 432 g/mol. The predicted octanol–water partition coefficient (Wildman–Crippen LogP) is 3.18. The molecule has 3 heterocycles. The first kappa shape index (κ1) is 24.0. The third-order valence-corrected chi connectivity index (χ3v) is 6.60. The van der Waals surface area contributed by atoms with Crippen LogP contribution in [-0.2, 0) is 16.0 Å². The quantitative estimate of drug-likeness (QED) is 0.459. The van der Waals surface area contributed by atoms with Crippen LogP contribution in [0.5, 0.6) is 5.75 Å². The number of aromatic amines is 1. The van der Waals surface area contributed by atoms with Crippen LogP contribution in [0.4, 0.5) is 5.69 Å². The molecule has 4 rings (SSSR count). The number of carbonyl (C=O) groups is 2. The van der Waals surface area contributed by atoms with Crippen molar-refractivity contribution < 1.29 is 19.1 Å². The van der Waals surface area contributed by atoms with Gasteiger partial charge in [0.2, 0.25) is 0 Å². The van der Waals surface area contributed by atoms with Crippen molar-refractivity contribution in [1.82, 2.24) is 14.8 Å². The lowest BCUT2D eigenvalue weighted by Gasteiger charge is -2.32. The van der Waals surface area contributed by atoms with Gasteiger partial charge < -0.3 is 29.6 Å². The Labute approximate surface area is 200 Å². The monoisotopic (exact) mass is 466 g/mol. The van der Waals surface area contributed by atoms with E-state index >= 15 is 0 Å². The van der Waals surface area contributed by atoms with Crippen molar-refractivity contribution in [3.05, 3.63) is 46.3 Å². The maximum Gasteiger partial charge on any atom is 0.340 e. The molecule has 1 fully saturated rings. The number of amides is 1. The normalized spacial score (nSPS) is 17.6. The summed E-state index contributed by atoms with van der Waals surface area (Å²) in [7, 11) is 3.76. The Hall–Kier alpha value is -3.10. The number of hydrogen-bond acceptors (Lipinski definition) is 6. The van der Waals surface area contributed by atoms with E-state index in [-0.39, 0.29) is 11.9 Å². The predicted molar refractivity (Wildman–Crippen MR) is 133 cm³/mol. The molecule has 2 aromatic rings. The maximum absolute atomic E-state index is 12.8. The van der Waals surface area contributed by atoms with Gasteiger partial charge in [0.1, 0.15) is 5.75 Å². The number of hydrogen-bond donors (Lipinski definition) is 2. The summed E-state index contributed by atoms with van der Waals surface area (Å²) in [5.41, 5.74) is 5.10. The summed E-state index contributed by atoms with van der Waals surface area (Å²) in [5, 5.41) is 2.91. The molecule has 2 aliphatic rings. The molecule has 0 bridgehead atoms. The molecule has 1 amide bonds. The van der Waals surface area contributed by atoms with E-state index in [2.05, 4.69) is 27.1 Å². The van der Waals surface area contributed by atoms with Gasteiger partial charge in [0.15, 0.2) is 0 Å². The van der Waals surface area contributed by atoms with Crippen molar-refractivity contribution in [3.8, 4) is 5.75 Å². The minimum atomic E-state index is -0.326. The second kappa shape index (κ2) is 10.4. The first-order valence-corrected chi connectivity index (χ1v) is 11.9. The zero-order chi connectivity index (χ0) is 24.2. The van der Waals surface area contributed by atoms with Crippen LogP contribution in [-0.4, -0.2) is 80.1 Å². The van der Waals surface area contributed by atoms with Crippen LogP contribution in [0.2, 0.25) is 0 Å². The van der Waals surface area contributed by atoms with Crippen molar-refractivity contribution in [2.24, 2.45) is 0 Å². The van der Waals surface area contributed by atoms with Gasteiger partial charge in [-0.2, -0.15) is 0 Å². The minimum absolute atomic E-state index is 0.170. The number of ether oxygens (including phenoxy) is 2. The molecule has 0 unspecified atom stereocenters. The number of likely N-dealkylation sites (N-methyl/N-ethyl adjacent to an activating group) is 1. The number of nitrogens with zero attached hydrogens (tertiary/aromatic N) is 2. The summed E-state index contributed by atoms with van der Waals surface area (Å²) < 4.78 is 10.7. The van der Waals surface area contributed by atoms with Crippen molar-refractivity contribution in [3.63, 3.8) is 0 Å². The molecule has 0 atom stereocenters. The van der Waals surface area contributed by atoms with E-state index in [1.807, 2.05) is 38.1 Å². The van der Waals surface area contributed by atoms with Gasteiger partial charge in [0.05, 0.1) is 24.9 Å². The number of H-pyrrole nitrogens is 1. The summed E-state index contributed by atoms with van der Waals surface area (Å²) in [5.74, 6) is 0.188. The van der Waals surface area contributed by atoms with E-state index in [0.717, 1.165) is 73.8 Å². The molecule has 2 N–H and O–H groups in total. The van der Waals surface area contributed by atoms with Crippen LogP contribution in [0.3, 0.4) is 0 Å². The highest BCUT2D eigenvalue weighted by molar-refractivity contribution is 6.35. The number of nitrogens with one attached hydrogen (secondary N) is 2. The Balaban J connectivity index is 1.64. The molecule has 34 heavy (non-hydrogen) atoms. The lowest BCUT2D eigenvalue weighted by atomic mass is 10.00. The Morgan fingerprint density at radius 2 is 1.97 bits per heavy atom. The second-order valence-corrected chi connectivity index (χ2v) is 8.91. The van der Waals surface area contributed by atoms with E-state index in [1.165, 1.54) is 0 Å². The van der Waals surface area contributed by atoms with Crippen molar-refractivity contribution in [2.45, 2.75) is 26.7 Å².